The van der Waals surface area contributed by atoms with E-state index in [4.69, 9.17) is 11.6 Å². The molecule has 2 saturated heterocycles. The van der Waals surface area contributed by atoms with Crippen LogP contribution < -0.4 is 4.90 Å². The Balaban J connectivity index is 1.84. The highest BCUT2D eigenvalue weighted by atomic mass is 35.5. The van der Waals surface area contributed by atoms with Crippen molar-refractivity contribution in [2.75, 3.05) is 18.0 Å². The van der Waals surface area contributed by atoms with Gasteiger partial charge in [-0.3, -0.25) is 14.5 Å². The predicted octanol–water partition coefficient (Wildman–Crippen LogP) is 2.07. The molecule has 5 heteroatoms. The lowest BCUT2D eigenvalue weighted by molar-refractivity contribution is -0.122. The van der Waals surface area contributed by atoms with Gasteiger partial charge in [0.2, 0.25) is 5.91 Å². The molecule has 0 radical (unpaired) electrons. The van der Waals surface area contributed by atoms with Crippen LogP contribution in [0.5, 0.6) is 0 Å². The minimum Gasteiger partial charge on any atom is -0.292 e. The van der Waals surface area contributed by atoms with Crippen LogP contribution in [0.3, 0.4) is 0 Å². The van der Waals surface area contributed by atoms with Crippen molar-refractivity contribution < 1.29 is 9.59 Å². The molecule has 0 bridgehead atoms. The van der Waals surface area contributed by atoms with Crippen LogP contribution in [0.4, 0.5) is 5.69 Å². The van der Waals surface area contributed by atoms with Gasteiger partial charge in [0.15, 0.2) is 0 Å². The minimum atomic E-state index is -0.273. The molecular formula is C14H15ClN2O2. The van der Waals surface area contributed by atoms with Gasteiger partial charge in [-0.1, -0.05) is 11.6 Å². The maximum absolute atomic E-state index is 12.4. The van der Waals surface area contributed by atoms with Gasteiger partial charge in [0.1, 0.15) is 0 Å². The largest absolute Gasteiger partial charge is 0.292 e. The van der Waals surface area contributed by atoms with Crippen LogP contribution in [0.1, 0.15) is 19.3 Å². The second-order valence-corrected chi connectivity index (χ2v) is 5.44. The first-order chi connectivity index (χ1) is 9.16. The molecule has 3 rings (SSSR count). The Morgan fingerprint density at radius 3 is 2.32 bits per heavy atom. The maximum Gasteiger partial charge on any atom is 0.251 e. The quantitative estimate of drug-likeness (QED) is 0.778. The first-order valence-electron chi connectivity index (χ1n) is 6.53. The summed E-state index contributed by atoms with van der Waals surface area (Å²) in [6.45, 7) is 1.83. The second kappa shape index (κ2) is 4.94. The minimum absolute atomic E-state index is 0.103. The van der Waals surface area contributed by atoms with E-state index < -0.39 is 0 Å². The Morgan fingerprint density at radius 2 is 1.68 bits per heavy atom. The number of carbonyl (C=O) groups is 2. The van der Waals surface area contributed by atoms with E-state index in [2.05, 4.69) is 4.90 Å². The normalized spacial score (nSPS) is 24.5. The van der Waals surface area contributed by atoms with E-state index in [1.807, 2.05) is 0 Å². The summed E-state index contributed by atoms with van der Waals surface area (Å²) >= 11 is 5.83. The van der Waals surface area contributed by atoms with E-state index in [0.29, 0.717) is 17.1 Å². The van der Waals surface area contributed by atoms with E-state index in [0.717, 1.165) is 25.9 Å². The fourth-order valence-corrected chi connectivity index (χ4v) is 2.94. The summed E-state index contributed by atoms with van der Waals surface area (Å²) in [5.41, 5.74) is 0.612. The van der Waals surface area contributed by atoms with Crippen LogP contribution in [0, 0.1) is 0 Å². The maximum atomic E-state index is 12.4. The summed E-state index contributed by atoms with van der Waals surface area (Å²) in [6, 6.07) is 6.54. The zero-order valence-electron chi connectivity index (χ0n) is 10.5. The van der Waals surface area contributed by atoms with Crippen LogP contribution in [0.25, 0.3) is 0 Å². The summed E-state index contributed by atoms with van der Waals surface area (Å²) in [4.78, 5) is 27.9. The average Bonchev–Trinajstić information content (AvgIpc) is 3.00. The highest BCUT2D eigenvalue weighted by Crippen LogP contribution is 2.28. The van der Waals surface area contributed by atoms with Crippen LogP contribution in [0.15, 0.2) is 24.3 Å². The second-order valence-electron chi connectivity index (χ2n) is 5.01. The van der Waals surface area contributed by atoms with Crippen LogP contribution in [-0.4, -0.2) is 35.8 Å². The molecule has 4 nitrogen and oxygen atoms in total. The molecule has 2 aliphatic rings. The molecule has 2 fully saturated rings. The van der Waals surface area contributed by atoms with Crippen molar-refractivity contribution in [3.8, 4) is 0 Å². The first kappa shape index (κ1) is 12.6. The van der Waals surface area contributed by atoms with Crippen LogP contribution in [0.2, 0.25) is 5.02 Å². The summed E-state index contributed by atoms with van der Waals surface area (Å²) in [5, 5.41) is 0.596. The van der Waals surface area contributed by atoms with Gasteiger partial charge in [-0.15, -0.1) is 0 Å². The molecular weight excluding hydrogens is 264 g/mol. The van der Waals surface area contributed by atoms with Crippen molar-refractivity contribution in [3.63, 3.8) is 0 Å². The molecule has 19 heavy (non-hydrogen) atoms. The fraction of sp³-hybridized carbons (Fsp3) is 0.429. The third-order valence-electron chi connectivity index (χ3n) is 3.79. The summed E-state index contributed by atoms with van der Waals surface area (Å²) in [5.74, 6) is -0.224. The number of anilines is 1. The number of carbonyl (C=O) groups excluding carboxylic acids is 2. The number of amides is 2. The van der Waals surface area contributed by atoms with E-state index >= 15 is 0 Å². The lowest BCUT2D eigenvalue weighted by Crippen LogP contribution is -2.40. The van der Waals surface area contributed by atoms with E-state index in [1.165, 1.54) is 4.90 Å². The number of imide groups is 1. The highest BCUT2D eigenvalue weighted by molar-refractivity contribution is 6.30. The molecule has 1 aromatic carbocycles. The zero-order chi connectivity index (χ0) is 13.4. The lowest BCUT2D eigenvalue weighted by atomic mass is 10.2. The van der Waals surface area contributed by atoms with E-state index in [9.17, 15) is 9.59 Å². The van der Waals surface area contributed by atoms with Crippen molar-refractivity contribution in [1.82, 2.24) is 4.90 Å². The van der Waals surface area contributed by atoms with E-state index in [1.54, 1.807) is 24.3 Å². The van der Waals surface area contributed by atoms with E-state index in [-0.39, 0.29) is 17.9 Å². The molecule has 2 aliphatic heterocycles. The molecule has 2 amide bonds. The Labute approximate surface area is 116 Å². The molecule has 2 heterocycles. The number of halogens is 1. The molecule has 1 atom stereocenters. The van der Waals surface area contributed by atoms with Gasteiger partial charge >= 0.3 is 0 Å². The lowest BCUT2D eigenvalue weighted by Gasteiger charge is -2.21. The number of rotatable bonds is 2. The van der Waals surface area contributed by atoms with Crippen molar-refractivity contribution in [2.45, 2.75) is 25.3 Å². The van der Waals surface area contributed by atoms with Gasteiger partial charge in [-0.25, -0.2) is 4.90 Å². The number of benzene rings is 1. The SMILES string of the molecule is O=C1C[C@H](N2CCCC2)C(=O)N1c1ccc(Cl)cc1. The number of nitrogens with zero attached hydrogens (tertiary/aromatic N) is 2. The summed E-state index contributed by atoms with van der Waals surface area (Å²) in [7, 11) is 0. The van der Waals surface area contributed by atoms with Gasteiger partial charge in [0.25, 0.3) is 5.91 Å². The Bertz CT molecular complexity index is 509. The fourth-order valence-electron chi connectivity index (χ4n) is 2.82. The number of hydrogen-bond acceptors (Lipinski definition) is 3. The molecule has 1 aromatic rings. The topological polar surface area (TPSA) is 40.6 Å². The molecule has 0 saturated carbocycles. The molecule has 100 valence electrons. The van der Waals surface area contributed by atoms with Crippen LogP contribution in [-0.2, 0) is 9.59 Å². The zero-order valence-corrected chi connectivity index (χ0v) is 11.3. The van der Waals surface area contributed by atoms with Gasteiger partial charge in [0, 0.05) is 5.02 Å². The molecule has 0 aliphatic carbocycles. The average molecular weight is 279 g/mol. The summed E-state index contributed by atoms with van der Waals surface area (Å²) < 4.78 is 0. The molecule has 0 N–H and O–H groups in total. The smallest absolute Gasteiger partial charge is 0.251 e. The van der Waals surface area contributed by atoms with Crippen molar-refractivity contribution in [2.24, 2.45) is 0 Å². The van der Waals surface area contributed by atoms with Gasteiger partial charge in [-0.05, 0) is 50.2 Å². The van der Waals surface area contributed by atoms with Crippen LogP contribution >= 0.6 is 11.6 Å². The molecule has 0 aromatic heterocycles. The monoisotopic (exact) mass is 278 g/mol. The van der Waals surface area contributed by atoms with Gasteiger partial charge in [0.05, 0.1) is 18.2 Å². The number of likely N-dealkylation sites (tertiary alicyclic amines) is 1. The van der Waals surface area contributed by atoms with Crippen molar-refractivity contribution >= 4 is 29.1 Å². The third kappa shape index (κ3) is 2.26. The molecule has 0 spiro atoms. The Hall–Kier alpha value is -1.39. The van der Waals surface area contributed by atoms with Crippen molar-refractivity contribution in [3.05, 3.63) is 29.3 Å². The van der Waals surface area contributed by atoms with Gasteiger partial charge < -0.3 is 0 Å². The summed E-state index contributed by atoms with van der Waals surface area (Å²) in [6.07, 6.45) is 2.51. The van der Waals surface area contributed by atoms with Crippen molar-refractivity contribution in [1.29, 1.82) is 0 Å². The number of hydrogen-bond donors (Lipinski definition) is 0. The van der Waals surface area contributed by atoms with Gasteiger partial charge in [-0.2, -0.15) is 0 Å². The highest BCUT2D eigenvalue weighted by Gasteiger charge is 2.43. The standard InChI is InChI=1S/C14H15ClN2O2/c15-10-3-5-11(6-4-10)17-13(18)9-12(14(17)19)16-7-1-2-8-16/h3-6,12H,1-2,7-9H2/t12-/m0/s1. The Morgan fingerprint density at radius 1 is 1.05 bits per heavy atom. The predicted molar refractivity (Wildman–Crippen MR) is 73.2 cm³/mol. The first-order valence-corrected chi connectivity index (χ1v) is 6.91. The molecule has 0 unspecified atom stereocenters. The third-order valence-corrected chi connectivity index (χ3v) is 4.04. The Kier molecular flexibility index (Phi) is 3.29.